The van der Waals surface area contributed by atoms with Gasteiger partial charge in [0.2, 0.25) is 0 Å². The average Bonchev–Trinajstić information content (AvgIpc) is 2.40. The van der Waals surface area contributed by atoms with Crippen LogP contribution in [0.1, 0.15) is 0 Å². The van der Waals surface area contributed by atoms with Crippen LogP contribution in [0.15, 0.2) is 60.7 Å². The van der Waals surface area contributed by atoms with E-state index in [1.807, 2.05) is 19.2 Å². The molecule has 0 fully saturated rings. The molecule has 0 atom stereocenters. The normalized spacial score (nSPS) is 11.3. The van der Waals surface area contributed by atoms with Crippen LogP contribution >= 0.6 is 7.04 Å². The molecule has 0 aliphatic heterocycles. The van der Waals surface area contributed by atoms with E-state index in [0.29, 0.717) is 0 Å². The second-order valence-corrected chi connectivity index (χ2v) is 6.80. The third-order valence-electron chi connectivity index (χ3n) is 2.78. The van der Waals surface area contributed by atoms with Gasteiger partial charge in [0.25, 0.3) is 0 Å². The van der Waals surface area contributed by atoms with Gasteiger partial charge in [-0.05, 0) is 24.7 Å². The number of hydrogen-bond acceptors (Lipinski definition) is 1. The molecule has 2 aromatic carbocycles. The minimum atomic E-state index is -1.65. The van der Waals surface area contributed by atoms with Gasteiger partial charge in [0.1, 0.15) is 0 Å². The van der Waals surface area contributed by atoms with Gasteiger partial charge in [-0.2, -0.15) is 0 Å². The van der Waals surface area contributed by atoms with Crippen molar-refractivity contribution in [3.8, 4) is 0 Å². The van der Waals surface area contributed by atoms with Crippen LogP contribution in [0.2, 0.25) is 0 Å². The van der Waals surface area contributed by atoms with Crippen molar-refractivity contribution in [2.24, 2.45) is 0 Å². The van der Waals surface area contributed by atoms with E-state index in [2.05, 4.69) is 59.9 Å². The second-order valence-electron chi connectivity index (χ2n) is 3.70. The van der Waals surface area contributed by atoms with Crippen molar-refractivity contribution in [3.63, 3.8) is 0 Å². The average molecular weight is 229 g/mol. The highest BCUT2D eigenvalue weighted by Gasteiger charge is 2.16. The van der Waals surface area contributed by atoms with E-state index in [1.165, 1.54) is 10.6 Å². The maximum atomic E-state index is 4.43. The van der Waals surface area contributed by atoms with E-state index in [9.17, 15) is 0 Å². The van der Waals surface area contributed by atoms with Crippen molar-refractivity contribution < 1.29 is 0 Å². The SMILES string of the molecule is C=P(NC)(c1ccccc1)c1ccccc1. The lowest BCUT2D eigenvalue weighted by Gasteiger charge is -2.24. The summed E-state index contributed by atoms with van der Waals surface area (Å²) in [7, 11) is 0.332. The lowest BCUT2D eigenvalue weighted by atomic mass is 10.4. The summed E-state index contributed by atoms with van der Waals surface area (Å²) >= 11 is 0. The first-order valence-corrected chi connectivity index (χ1v) is 7.28. The van der Waals surface area contributed by atoms with Crippen LogP contribution in [0.5, 0.6) is 0 Å². The van der Waals surface area contributed by atoms with Crippen LogP contribution < -0.4 is 15.7 Å². The standard InChI is InChI=1S/C14H16NP/c1-15-16(2,13-9-5-3-6-10-13)14-11-7-4-8-12-14/h3-12,15H,2H2,1H3. The molecule has 0 saturated heterocycles. The van der Waals surface area contributed by atoms with Gasteiger partial charge in [0.15, 0.2) is 0 Å². The molecule has 1 nitrogen and oxygen atoms in total. The highest BCUT2D eigenvalue weighted by molar-refractivity contribution is 7.85. The molecule has 2 heteroatoms. The van der Waals surface area contributed by atoms with E-state index in [1.54, 1.807) is 0 Å². The third kappa shape index (κ3) is 1.97. The molecule has 0 aromatic heterocycles. The Labute approximate surface area is 97.2 Å². The van der Waals surface area contributed by atoms with Gasteiger partial charge in [-0.1, -0.05) is 67.0 Å². The van der Waals surface area contributed by atoms with E-state index in [-0.39, 0.29) is 0 Å². The summed E-state index contributed by atoms with van der Waals surface area (Å²) in [5, 5.41) is 5.97. The Hall–Kier alpha value is -1.30. The second kappa shape index (κ2) is 4.69. The Morgan fingerprint density at radius 1 is 0.812 bits per heavy atom. The van der Waals surface area contributed by atoms with Crippen molar-refractivity contribution in [1.82, 2.24) is 5.09 Å². The van der Waals surface area contributed by atoms with Gasteiger partial charge in [-0.25, -0.2) is 0 Å². The first kappa shape index (κ1) is 11.2. The molecular formula is C14H16NP. The number of rotatable bonds is 3. The fourth-order valence-electron chi connectivity index (χ4n) is 1.77. The molecule has 16 heavy (non-hydrogen) atoms. The number of benzene rings is 2. The Balaban J connectivity index is 2.54. The predicted octanol–water partition coefficient (Wildman–Crippen LogP) is 2.22. The van der Waals surface area contributed by atoms with Crippen LogP contribution in [0.3, 0.4) is 0 Å². The molecule has 2 rings (SSSR count). The quantitative estimate of drug-likeness (QED) is 0.796. The van der Waals surface area contributed by atoms with Crippen LogP contribution in [0.25, 0.3) is 0 Å². The van der Waals surface area contributed by atoms with Crippen molar-refractivity contribution in [2.45, 2.75) is 0 Å². The molecule has 0 aliphatic carbocycles. The molecule has 1 N–H and O–H groups in total. The van der Waals surface area contributed by atoms with E-state index >= 15 is 0 Å². The summed E-state index contributed by atoms with van der Waals surface area (Å²) in [6, 6.07) is 20.9. The molecule has 0 radical (unpaired) electrons. The van der Waals surface area contributed by atoms with Gasteiger partial charge < -0.3 is 0 Å². The molecule has 0 spiro atoms. The van der Waals surface area contributed by atoms with Crippen molar-refractivity contribution in [2.75, 3.05) is 7.05 Å². The zero-order valence-electron chi connectivity index (χ0n) is 9.43. The highest BCUT2D eigenvalue weighted by Crippen LogP contribution is 2.36. The van der Waals surface area contributed by atoms with Gasteiger partial charge in [0.05, 0.1) is 0 Å². The molecule has 0 heterocycles. The Bertz CT molecular complexity index is 447. The molecule has 0 saturated carbocycles. The largest absolute Gasteiger partial charge is 0.293 e. The topological polar surface area (TPSA) is 12.0 Å². The smallest absolute Gasteiger partial charge is 0.000283 e. The minimum Gasteiger partial charge on any atom is -0.293 e. The van der Waals surface area contributed by atoms with Gasteiger partial charge in [-0.3, -0.25) is 5.09 Å². The van der Waals surface area contributed by atoms with Crippen LogP contribution in [-0.2, 0) is 0 Å². The lowest BCUT2D eigenvalue weighted by Crippen LogP contribution is -2.25. The van der Waals surface area contributed by atoms with Crippen molar-refractivity contribution >= 4 is 23.9 Å². The maximum absolute atomic E-state index is 4.43. The van der Waals surface area contributed by atoms with Crippen molar-refractivity contribution in [3.05, 3.63) is 60.7 Å². The number of hydrogen-bond donors (Lipinski definition) is 1. The van der Waals surface area contributed by atoms with E-state index in [0.717, 1.165) is 0 Å². The summed E-state index contributed by atoms with van der Waals surface area (Å²) in [5.74, 6) is 0. The van der Waals surface area contributed by atoms with Crippen LogP contribution in [0, 0.1) is 0 Å². The van der Waals surface area contributed by atoms with Crippen LogP contribution in [-0.4, -0.2) is 13.3 Å². The monoisotopic (exact) mass is 229 g/mol. The predicted molar refractivity (Wildman–Crippen MR) is 75.3 cm³/mol. The maximum Gasteiger partial charge on any atom is -0.000283 e. The zero-order valence-corrected chi connectivity index (χ0v) is 10.3. The fourth-order valence-corrected chi connectivity index (χ4v) is 3.95. The summed E-state index contributed by atoms with van der Waals surface area (Å²) in [5.41, 5.74) is 0. The molecule has 2 aromatic rings. The Morgan fingerprint density at radius 2 is 1.19 bits per heavy atom. The first-order valence-electron chi connectivity index (χ1n) is 5.31. The third-order valence-corrected chi connectivity index (χ3v) is 5.90. The molecule has 82 valence electrons. The lowest BCUT2D eigenvalue weighted by molar-refractivity contribution is 1.27. The molecule has 0 bridgehead atoms. The Morgan fingerprint density at radius 3 is 1.50 bits per heavy atom. The molecular weight excluding hydrogens is 213 g/mol. The van der Waals surface area contributed by atoms with Gasteiger partial charge in [0, 0.05) is 0 Å². The zero-order chi connectivity index (χ0) is 11.4. The van der Waals surface area contributed by atoms with E-state index < -0.39 is 7.04 Å². The highest BCUT2D eigenvalue weighted by atomic mass is 31.2. The summed E-state index contributed by atoms with van der Waals surface area (Å²) in [6.07, 6.45) is 4.43. The van der Waals surface area contributed by atoms with Crippen LogP contribution in [0.4, 0.5) is 0 Å². The minimum absolute atomic E-state index is 1.28. The first-order chi connectivity index (χ1) is 7.77. The Kier molecular flexibility index (Phi) is 3.28. The van der Waals surface area contributed by atoms with E-state index in [4.69, 9.17) is 0 Å². The van der Waals surface area contributed by atoms with Gasteiger partial charge >= 0.3 is 0 Å². The van der Waals surface area contributed by atoms with Gasteiger partial charge in [-0.15, -0.1) is 0 Å². The summed E-state index contributed by atoms with van der Waals surface area (Å²) < 4.78 is 0. The fraction of sp³-hybridized carbons (Fsp3) is 0.0714. The number of nitrogens with one attached hydrogen (secondary N) is 1. The molecule has 0 amide bonds. The summed E-state index contributed by atoms with van der Waals surface area (Å²) in [4.78, 5) is 0. The summed E-state index contributed by atoms with van der Waals surface area (Å²) in [6.45, 7) is 0. The molecule has 0 aliphatic rings. The molecule has 0 unspecified atom stereocenters. The van der Waals surface area contributed by atoms with Crippen molar-refractivity contribution in [1.29, 1.82) is 0 Å².